The molecule has 0 saturated heterocycles. The molecular formula is C14H17ClN4O. The van der Waals surface area contributed by atoms with Gasteiger partial charge in [0, 0.05) is 24.3 Å². The van der Waals surface area contributed by atoms with Crippen LogP contribution in [0.2, 0.25) is 5.02 Å². The summed E-state index contributed by atoms with van der Waals surface area (Å²) in [5, 5.41) is 10.8. The van der Waals surface area contributed by atoms with E-state index in [0.717, 1.165) is 18.8 Å². The number of hydrogen-bond donors (Lipinski definition) is 2. The lowest BCUT2D eigenvalue weighted by atomic mass is 10.3. The second kappa shape index (κ2) is 7.07. The number of benzene rings is 1. The van der Waals surface area contributed by atoms with Crippen LogP contribution in [0.15, 0.2) is 36.7 Å². The molecule has 0 atom stereocenters. The molecule has 2 N–H and O–H groups in total. The molecule has 0 spiro atoms. The van der Waals surface area contributed by atoms with Gasteiger partial charge in [-0.15, -0.1) is 0 Å². The highest BCUT2D eigenvalue weighted by atomic mass is 35.5. The predicted octanol–water partition coefficient (Wildman–Crippen LogP) is 1.86. The van der Waals surface area contributed by atoms with E-state index >= 15 is 0 Å². The summed E-state index contributed by atoms with van der Waals surface area (Å²) in [7, 11) is 0. The lowest BCUT2D eigenvalue weighted by molar-refractivity contribution is 0.0954. The summed E-state index contributed by atoms with van der Waals surface area (Å²) >= 11 is 5.84. The van der Waals surface area contributed by atoms with Gasteiger partial charge in [-0.2, -0.15) is 5.10 Å². The van der Waals surface area contributed by atoms with Crippen molar-refractivity contribution < 1.29 is 4.79 Å². The van der Waals surface area contributed by atoms with E-state index in [4.69, 9.17) is 11.6 Å². The number of halogens is 1. The van der Waals surface area contributed by atoms with E-state index in [1.165, 1.54) is 0 Å². The minimum absolute atomic E-state index is 0.122. The van der Waals surface area contributed by atoms with Crippen LogP contribution in [0.4, 0.5) is 0 Å². The molecular weight excluding hydrogens is 276 g/mol. The van der Waals surface area contributed by atoms with Gasteiger partial charge in [0.15, 0.2) is 0 Å². The molecule has 1 amide bonds. The number of aromatic nitrogens is 2. The Morgan fingerprint density at radius 2 is 2.05 bits per heavy atom. The SMILES string of the molecule is CCNCCNC(=O)c1cnn(-c2ccc(Cl)cc2)c1. The highest BCUT2D eigenvalue weighted by Crippen LogP contribution is 2.13. The molecule has 2 aromatic rings. The molecule has 5 nitrogen and oxygen atoms in total. The molecule has 0 unspecified atom stereocenters. The first-order valence-corrected chi connectivity index (χ1v) is 6.88. The minimum Gasteiger partial charge on any atom is -0.351 e. The lowest BCUT2D eigenvalue weighted by Crippen LogP contribution is -2.31. The van der Waals surface area contributed by atoms with E-state index < -0.39 is 0 Å². The van der Waals surface area contributed by atoms with Gasteiger partial charge in [-0.1, -0.05) is 18.5 Å². The Kier molecular flexibility index (Phi) is 5.15. The molecule has 6 heteroatoms. The Morgan fingerprint density at radius 1 is 1.30 bits per heavy atom. The summed E-state index contributed by atoms with van der Waals surface area (Å²) in [6.45, 7) is 4.27. The fourth-order valence-electron chi connectivity index (χ4n) is 1.72. The fourth-order valence-corrected chi connectivity index (χ4v) is 1.84. The first kappa shape index (κ1) is 14.6. The molecule has 0 aliphatic heterocycles. The predicted molar refractivity (Wildman–Crippen MR) is 79.5 cm³/mol. The molecule has 20 heavy (non-hydrogen) atoms. The molecule has 0 saturated carbocycles. The number of nitrogens with zero attached hydrogens (tertiary/aromatic N) is 2. The summed E-state index contributed by atoms with van der Waals surface area (Å²) < 4.78 is 1.65. The van der Waals surface area contributed by atoms with Crippen LogP contribution in [0.25, 0.3) is 5.69 Å². The maximum absolute atomic E-state index is 11.9. The number of likely N-dealkylation sites (N-methyl/N-ethyl adjacent to an activating group) is 1. The Bertz CT molecular complexity index is 565. The molecule has 1 aromatic heterocycles. The fraction of sp³-hybridized carbons (Fsp3) is 0.286. The normalized spacial score (nSPS) is 10.5. The topological polar surface area (TPSA) is 58.9 Å². The van der Waals surface area contributed by atoms with Gasteiger partial charge in [0.25, 0.3) is 5.91 Å². The van der Waals surface area contributed by atoms with E-state index in [2.05, 4.69) is 15.7 Å². The van der Waals surface area contributed by atoms with Crippen LogP contribution in [-0.2, 0) is 0 Å². The molecule has 1 aromatic carbocycles. The highest BCUT2D eigenvalue weighted by Gasteiger charge is 2.08. The third kappa shape index (κ3) is 3.82. The maximum atomic E-state index is 11.9. The molecule has 0 bridgehead atoms. The van der Waals surface area contributed by atoms with Crippen LogP contribution in [0.3, 0.4) is 0 Å². The van der Waals surface area contributed by atoms with Crippen molar-refractivity contribution in [2.45, 2.75) is 6.92 Å². The van der Waals surface area contributed by atoms with Crippen molar-refractivity contribution in [3.05, 3.63) is 47.2 Å². The van der Waals surface area contributed by atoms with E-state index in [1.54, 1.807) is 29.2 Å². The molecule has 2 rings (SSSR count). The van der Waals surface area contributed by atoms with Gasteiger partial charge < -0.3 is 10.6 Å². The summed E-state index contributed by atoms with van der Waals surface area (Å²) in [5.74, 6) is -0.122. The van der Waals surface area contributed by atoms with Crippen LogP contribution in [0, 0.1) is 0 Å². The standard InChI is InChI=1S/C14H17ClN4O/c1-2-16-7-8-17-14(20)11-9-18-19(10-11)13-5-3-12(15)4-6-13/h3-6,9-10,16H,2,7-8H2,1H3,(H,17,20). The molecule has 0 aliphatic rings. The van der Waals surface area contributed by atoms with Crippen molar-refractivity contribution >= 4 is 17.5 Å². The quantitative estimate of drug-likeness (QED) is 0.799. The van der Waals surface area contributed by atoms with Crippen LogP contribution in [0.5, 0.6) is 0 Å². The largest absolute Gasteiger partial charge is 0.351 e. The Morgan fingerprint density at radius 3 is 2.75 bits per heavy atom. The number of nitrogens with one attached hydrogen (secondary N) is 2. The molecule has 0 aliphatic carbocycles. The van der Waals surface area contributed by atoms with Crippen LogP contribution in [-0.4, -0.2) is 35.3 Å². The smallest absolute Gasteiger partial charge is 0.254 e. The zero-order valence-corrected chi connectivity index (χ0v) is 12.0. The maximum Gasteiger partial charge on any atom is 0.254 e. The molecule has 0 radical (unpaired) electrons. The van der Waals surface area contributed by atoms with Crippen molar-refractivity contribution in [3.8, 4) is 5.69 Å². The second-order valence-electron chi connectivity index (χ2n) is 4.26. The van der Waals surface area contributed by atoms with Gasteiger partial charge in [-0.05, 0) is 30.8 Å². The summed E-state index contributed by atoms with van der Waals surface area (Å²) in [4.78, 5) is 11.9. The van der Waals surface area contributed by atoms with Gasteiger partial charge in [-0.25, -0.2) is 4.68 Å². The van der Waals surface area contributed by atoms with Crippen molar-refractivity contribution in [2.75, 3.05) is 19.6 Å². The van der Waals surface area contributed by atoms with Crippen molar-refractivity contribution in [1.29, 1.82) is 0 Å². The summed E-state index contributed by atoms with van der Waals surface area (Å²) in [6.07, 6.45) is 3.25. The van der Waals surface area contributed by atoms with Gasteiger partial charge in [0.1, 0.15) is 0 Å². The Labute approximate surface area is 122 Å². The minimum atomic E-state index is -0.122. The van der Waals surface area contributed by atoms with Crippen molar-refractivity contribution in [2.24, 2.45) is 0 Å². The number of amides is 1. The lowest BCUT2D eigenvalue weighted by Gasteiger charge is -2.03. The molecule has 106 valence electrons. The molecule has 1 heterocycles. The van der Waals surface area contributed by atoms with Gasteiger partial charge in [0.05, 0.1) is 17.4 Å². The number of hydrogen-bond acceptors (Lipinski definition) is 3. The highest BCUT2D eigenvalue weighted by molar-refractivity contribution is 6.30. The van der Waals surface area contributed by atoms with E-state index in [1.807, 2.05) is 19.1 Å². The van der Waals surface area contributed by atoms with Crippen LogP contribution < -0.4 is 10.6 Å². The van der Waals surface area contributed by atoms with Crippen molar-refractivity contribution in [3.63, 3.8) is 0 Å². The second-order valence-corrected chi connectivity index (χ2v) is 4.70. The molecule has 0 fully saturated rings. The number of carbonyl (C=O) groups excluding carboxylic acids is 1. The number of carbonyl (C=O) groups is 1. The van der Waals surface area contributed by atoms with Crippen LogP contribution >= 0.6 is 11.6 Å². The van der Waals surface area contributed by atoms with E-state index in [9.17, 15) is 4.79 Å². The van der Waals surface area contributed by atoms with Crippen LogP contribution in [0.1, 0.15) is 17.3 Å². The average Bonchev–Trinajstić information content (AvgIpc) is 2.94. The van der Waals surface area contributed by atoms with Gasteiger partial charge >= 0.3 is 0 Å². The van der Waals surface area contributed by atoms with E-state index in [-0.39, 0.29) is 5.91 Å². The number of rotatable bonds is 6. The monoisotopic (exact) mass is 292 g/mol. The van der Waals surface area contributed by atoms with E-state index in [0.29, 0.717) is 17.1 Å². The zero-order chi connectivity index (χ0) is 14.4. The summed E-state index contributed by atoms with van der Waals surface area (Å²) in [6, 6.07) is 7.27. The first-order chi connectivity index (χ1) is 9.70. The summed E-state index contributed by atoms with van der Waals surface area (Å²) in [5.41, 5.74) is 1.40. The average molecular weight is 293 g/mol. The van der Waals surface area contributed by atoms with Crippen molar-refractivity contribution in [1.82, 2.24) is 20.4 Å². The van der Waals surface area contributed by atoms with Gasteiger partial charge in [0.2, 0.25) is 0 Å². The zero-order valence-electron chi connectivity index (χ0n) is 11.3. The Hall–Kier alpha value is -1.85. The Balaban J connectivity index is 1.98. The third-order valence-electron chi connectivity index (χ3n) is 2.77. The first-order valence-electron chi connectivity index (χ1n) is 6.50. The third-order valence-corrected chi connectivity index (χ3v) is 3.03. The van der Waals surface area contributed by atoms with Gasteiger partial charge in [-0.3, -0.25) is 4.79 Å².